The van der Waals surface area contributed by atoms with Gasteiger partial charge in [-0.1, -0.05) is 30.3 Å². The number of unbranched alkanes of at least 4 members (excludes halogenated alkanes) is 1. The van der Waals surface area contributed by atoms with Crippen molar-refractivity contribution in [3.8, 4) is 0 Å². The molecule has 0 N–H and O–H groups in total. The van der Waals surface area contributed by atoms with E-state index in [1.165, 1.54) is 24.7 Å². The zero-order chi connectivity index (χ0) is 25.4. The van der Waals surface area contributed by atoms with Crippen molar-refractivity contribution >= 4 is 25.2 Å². The molecule has 10 heteroatoms. The molecule has 1 amide bonds. The molecule has 9 nitrogen and oxygen atoms in total. The monoisotopic (exact) mass is 497 g/mol. The molecule has 0 saturated carbocycles. The van der Waals surface area contributed by atoms with E-state index in [0.717, 1.165) is 12.8 Å². The van der Waals surface area contributed by atoms with Crippen LogP contribution in [0.4, 0.5) is 0 Å². The molecular formula is C24H36NO8P. The van der Waals surface area contributed by atoms with Gasteiger partial charge in [-0.3, -0.25) is 9.36 Å². The number of rotatable bonds is 10. The first-order valence-corrected chi connectivity index (χ1v) is 13.4. The predicted octanol–water partition coefficient (Wildman–Crippen LogP) is 3.60. The van der Waals surface area contributed by atoms with Crippen molar-refractivity contribution in [3.05, 3.63) is 35.9 Å². The molecule has 3 atom stereocenters. The van der Waals surface area contributed by atoms with Crippen LogP contribution in [0, 0.1) is 5.41 Å². The van der Waals surface area contributed by atoms with Gasteiger partial charge in [-0.05, 0) is 45.6 Å². The van der Waals surface area contributed by atoms with Crippen LogP contribution in [-0.2, 0) is 44.4 Å². The van der Waals surface area contributed by atoms with E-state index in [4.69, 9.17) is 14.1 Å². The lowest BCUT2D eigenvalue weighted by Crippen LogP contribution is -2.43. The molecular weight excluding hydrogens is 461 g/mol. The first-order valence-electron chi connectivity index (χ1n) is 11.4. The van der Waals surface area contributed by atoms with Crippen LogP contribution in [0.1, 0.15) is 45.6 Å². The van der Waals surface area contributed by atoms with Crippen LogP contribution in [0.5, 0.6) is 0 Å². The van der Waals surface area contributed by atoms with Gasteiger partial charge in [0.2, 0.25) is 13.3 Å². The van der Waals surface area contributed by atoms with Gasteiger partial charge in [0.25, 0.3) is 0 Å². The van der Waals surface area contributed by atoms with Crippen LogP contribution < -0.4 is 0 Å². The Morgan fingerprint density at radius 1 is 1.06 bits per heavy atom. The Bertz CT molecular complexity index is 883. The number of nitrogens with zero attached hydrogens (tertiary/aromatic N) is 1. The van der Waals surface area contributed by atoms with Gasteiger partial charge in [0.15, 0.2) is 0 Å². The van der Waals surface area contributed by atoms with Crippen molar-refractivity contribution in [2.45, 2.75) is 58.6 Å². The van der Waals surface area contributed by atoms with E-state index in [0.29, 0.717) is 6.42 Å². The lowest BCUT2D eigenvalue weighted by molar-refractivity contribution is -0.267. The molecule has 190 valence electrons. The topological polar surface area (TPSA) is 108 Å². The third-order valence-electron chi connectivity index (χ3n) is 5.77. The number of carbonyl (C=O) groups is 3. The summed E-state index contributed by atoms with van der Waals surface area (Å²) in [6.07, 6.45) is 2.03. The van der Waals surface area contributed by atoms with Crippen LogP contribution in [0.25, 0.3) is 0 Å². The first-order chi connectivity index (χ1) is 16.0. The minimum Gasteiger partial charge on any atom is -0.380 e. The summed E-state index contributed by atoms with van der Waals surface area (Å²) in [6.45, 7) is 5.01. The van der Waals surface area contributed by atoms with Gasteiger partial charge in [0.05, 0.1) is 11.5 Å². The van der Waals surface area contributed by atoms with E-state index >= 15 is 0 Å². The molecule has 1 heterocycles. The second-order valence-electron chi connectivity index (χ2n) is 9.50. The standard InChI is InChI=1S/C24H36NO8P/c1-24(2,3)23(28)33-32-22(27)20-15-19(30-4)16-25(20)21(26)17-34(29,31-5)14-10-9-13-18-11-7-6-8-12-18/h6-8,11-12,19-20H,9-10,13-17H2,1-5H3/t19-,20-,34?/m0/s1. The summed E-state index contributed by atoms with van der Waals surface area (Å²) in [4.78, 5) is 48.2. The fraction of sp³-hybridized carbons (Fsp3) is 0.625. The van der Waals surface area contributed by atoms with Crippen LogP contribution in [0.15, 0.2) is 30.3 Å². The predicted molar refractivity (Wildman–Crippen MR) is 126 cm³/mol. The van der Waals surface area contributed by atoms with E-state index < -0.39 is 42.8 Å². The molecule has 1 aliphatic rings. The Morgan fingerprint density at radius 2 is 1.74 bits per heavy atom. The van der Waals surface area contributed by atoms with Crippen LogP contribution in [-0.4, -0.2) is 68.0 Å². The summed E-state index contributed by atoms with van der Waals surface area (Å²) in [5.41, 5.74) is 0.341. The molecule has 0 aliphatic carbocycles. The second kappa shape index (κ2) is 12.5. The van der Waals surface area contributed by atoms with Crippen molar-refractivity contribution in [2.75, 3.05) is 33.1 Å². The summed E-state index contributed by atoms with van der Waals surface area (Å²) in [6, 6.07) is 8.98. The highest BCUT2D eigenvalue weighted by Gasteiger charge is 2.43. The zero-order valence-corrected chi connectivity index (χ0v) is 21.5. The number of hydrogen-bond donors (Lipinski definition) is 0. The van der Waals surface area contributed by atoms with Gasteiger partial charge >= 0.3 is 11.9 Å². The lowest BCUT2D eigenvalue weighted by Gasteiger charge is -2.25. The molecule has 0 radical (unpaired) electrons. The summed E-state index contributed by atoms with van der Waals surface area (Å²) in [7, 11) is -0.420. The normalized spacial score (nSPS) is 20.0. The first kappa shape index (κ1) is 28.0. The fourth-order valence-corrected chi connectivity index (χ4v) is 5.35. The largest absolute Gasteiger partial charge is 0.380 e. The molecule has 1 fully saturated rings. The van der Waals surface area contributed by atoms with Crippen LogP contribution in [0.3, 0.4) is 0 Å². The highest BCUT2D eigenvalue weighted by Crippen LogP contribution is 2.47. The van der Waals surface area contributed by atoms with Crippen LogP contribution >= 0.6 is 7.37 Å². The lowest BCUT2D eigenvalue weighted by atomic mass is 9.98. The number of hydrogen-bond acceptors (Lipinski definition) is 8. The second-order valence-corrected chi connectivity index (χ2v) is 12.3. The molecule has 1 aromatic carbocycles. The molecule has 34 heavy (non-hydrogen) atoms. The molecule has 1 saturated heterocycles. The number of methoxy groups -OCH3 is 1. The molecule has 1 aliphatic heterocycles. The van der Waals surface area contributed by atoms with E-state index in [9.17, 15) is 18.9 Å². The smallest absolute Gasteiger partial charge is 0.377 e. The van der Waals surface area contributed by atoms with Crippen molar-refractivity contribution in [1.82, 2.24) is 4.90 Å². The molecule has 0 spiro atoms. The Kier molecular flexibility index (Phi) is 10.3. The van der Waals surface area contributed by atoms with Gasteiger partial charge < -0.3 is 14.2 Å². The van der Waals surface area contributed by atoms with E-state index in [2.05, 4.69) is 4.89 Å². The van der Waals surface area contributed by atoms with E-state index in [-0.39, 0.29) is 25.3 Å². The molecule has 1 aromatic rings. The van der Waals surface area contributed by atoms with Crippen molar-refractivity contribution in [3.63, 3.8) is 0 Å². The van der Waals surface area contributed by atoms with Gasteiger partial charge in [-0.2, -0.15) is 0 Å². The Hall–Kier alpha value is -2.22. The maximum Gasteiger partial charge on any atom is 0.377 e. The highest BCUT2D eigenvalue weighted by atomic mass is 31.2. The number of benzene rings is 1. The minimum absolute atomic E-state index is 0.139. The SMILES string of the molecule is CO[C@H]1C[C@@H](C(=O)OOC(=O)C(C)(C)C)N(C(=O)CP(=O)(CCCCc2ccccc2)OC)C1. The summed E-state index contributed by atoms with van der Waals surface area (Å²) in [5.74, 6) is -2.07. The third-order valence-corrected chi connectivity index (χ3v) is 8.18. The average molecular weight is 498 g/mol. The molecule has 2 rings (SSSR count). The van der Waals surface area contributed by atoms with Gasteiger partial charge in [-0.25, -0.2) is 19.4 Å². The summed E-state index contributed by atoms with van der Waals surface area (Å²) < 4.78 is 23.8. The fourth-order valence-electron chi connectivity index (χ4n) is 3.59. The quantitative estimate of drug-likeness (QED) is 0.209. The van der Waals surface area contributed by atoms with Crippen LogP contribution in [0.2, 0.25) is 0 Å². The maximum atomic E-state index is 13.2. The summed E-state index contributed by atoms with van der Waals surface area (Å²) in [5, 5.41) is 0. The Balaban J connectivity index is 1.95. The number of carbonyl (C=O) groups excluding carboxylic acids is 3. The average Bonchev–Trinajstić information content (AvgIpc) is 3.25. The Labute approximate surface area is 201 Å². The molecule has 0 aromatic heterocycles. The third kappa shape index (κ3) is 8.22. The number of amides is 1. The molecule has 0 bridgehead atoms. The maximum absolute atomic E-state index is 13.2. The van der Waals surface area contributed by atoms with Crippen molar-refractivity contribution < 1.29 is 38.0 Å². The zero-order valence-electron chi connectivity index (χ0n) is 20.7. The van der Waals surface area contributed by atoms with Gasteiger partial charge in [0, 0.05) is 33.3 Å². The molecule has 1 unspecified atom stereocenters. The minimum atomic E-state index is -3.24. The highest BCUT2D eigenvalue weighted by molar-refractivity contribution is 7.59. The van der Waals surface area contributed by atoms with Gasteiger partial charge in [0.1, 0.15) is 12.2 Å². The Morgan fingerprint density at radius 3 is 2.32 bits per heavy atom. The summed E-state index contributed by atoms with van der Waals surface area (Å²) >= 11 is 0. The number of ether oxygens (including phenoxy) is 1. The van der Waals surface area contributed by atoms with E-state index in [1.807, 2.05) is 30.3 Å². The van der Waals surface area contributed by atoms with Crippen molar-refractivity contribution in [2.24, 2.45) is 5.41 Å². The van der Waals surface area contributed by atoms with Gasteiger partial charge in [-0.15, -0.1) is 0 Å². The number of aryl methyl sites for hydroxylation is 1. The van der Waals surface area contributed by atoms with Crippen molar-refractivity contribution in [1.29, 1.82) is 0 Å². The van der Waals surface area contributed by atoms with E-state index in [1.54, 1.807) is 20.8 Å². The number of likely N-dealkylation sites (tertiary alicyclic amines) is 1.